The molecule has 3 aromatic rings. The monoisotopic (exact) mass is 343 g/mol. The van der Waals surface area contributed by atoms with E-state index >= 15 is 0 Å². The third-order valence-electron chi connectivity index (χ3n) is 3.61. The summed E-state index contributed by atoms with van der Waals surface area (Å²) in [5, 5.41) is 2.77. The fourth-order valence-electron chi connectivity index (χ4n) is 2.38. The van der Waals surface area contributed by atoms with Gasteiger partial charge in [-0.3, -0.25) is 9.78 Å². The number of benzene rings is 2. The van der Waals surface area contributed by atoms with Gasteiger partial charge in [-0.2, -0.15) is 8.78 Å². The van der Waals surface area contributed by atoms with Crippen LogP contribution in [0.15, 0.2) is 54.7 Å². The molecule has 0 fully saturated rings. The van der Waals surface area contributed by atoms with Gasteiger partial charge in [0.15, 0.2) is 0 Å². The number of ether oxygens (including phenoxy) is 1. The van der Waals surface area contributed by atoms with Crippen LogP contribution in [0.4, 0.5) is 8.78 Å². The number of fused-ring (bicyclic) bond motifs is 1. The lowest BCUT2D eigenvalue weighted by atomic mass is 10.1. The molecule has 1 amide bonds. The number of halogens is 2. The Balaban J connectivity index is 1.75. The maximum absolute atomic E-state index is 12.4. The van der Waals surface area contributed by atoms with Gasteiger partial charge in [0, 0.05) is 0 Å². The molecule has 0 saturated carbocycles. The number of aromatic nitrogens is 2. The standard InChI is InChI=1S/C18H15F2N3O2/c1-11(12-5-4-6-13(9-12)25-18(19)20)22-17(24)16-10-21-14-7-2-3-8-15(14)23-16/h2-11,18H,1H3,(H,22,24). The molecule has 1 heterocycles. The van der Waals surface area contributed by atoms with E-state index in [4.69, 9.17) is 0 Å². The second-order valence-corrected chi connectivity index (χ2v) is 5.39. The van der Waals surface area contributed by atoms with Crippen molar-refractivity contribution in [1.82, 2.24) is 15.3 Å². The second kappa shape index (κ2) is 7.21. The Hall–Kier alpha value is -3.09. The van der Waals surface area contributed by atoms with Gasteiger partial charge in [-0.05, 0) is 36.8 Å². The number of para-hydroxylation sites is 2. The van der Waals surface area contributed by atoms with E-state index in [9.17, 15) is 13.6 Å². The van der Waals surface area contributed by atoms with E-state index in [1.807, 2.05) is 12.1 Å². The average Bonchev–Trinajstić information content (AvgIpc) is 2.61. The number of amides is 1. The minimum absolute atomic E-state index is 0.0408. The largest absolute Gasteiger partial charge is 0.435 e. The minimum Gasteiger partial charge on any atom is -0.435 e. The highest BCUT2D eigenvalue weighted by atomic mass is 19.3. The highest BCUT2D eigenvalue weighted by Crippen LogP contribution is 2.21. The fraction of sp³-hybridized carbons (Fsp3) is 0.167. The number of hydrogen-bond donors (Lipinski definition) is 1. The zero-order chi connectivity index (χ0) is 17.8. The van der Waals surface area contributed by atoms with Crippen molar-refractivity contribution in [3.05, 3.63) is 66.0 Å². The maximum atomic E-state index is 12.4. The fourth-order valence-corrected chi connectivity index (χ4v) is 2.38. The van der Waals surface area contributed by atoms with Crippen molar-refractivity contribution in [1.29, 1.82) is 0 Å². The van der Waals surface area contributed by atoms with Gasteiger partial charge in [0.1, 0.15) is 11.4 Å². The van der Waals surface area contributed by atoms with E-state index in [0.29, 0.717) is 16.6 Å². The van der Waals surface area contributed by atoms with Crippen molar-refractivity contribution >= 4 is 16.9 Å². The quantitative estimate of drug-likeness (QED) is 0.767. The van der Waals surface area contributed by atoms with Gasteiger partial charge in [0.25, 0.3) is 5.91 Å². The molecule has 0 aliphatic rings. The summed E-state index contributed by atoms with van der Waals surface area (Å²) in [6.07, 6.45) is 1.40. The molecular formula is C18H15F2N3O2. The van der Waals surface area contributed by atoms with Crippen LogP contribution in [0.5, 0.6) is 5.75 Å². The zero-order valence-corrected chi connectivity index (χ0v) is 13.3. The number of nitrogens with zero attached hydrogens (tertiary/aromatic N) is 2. The predicted octanol–water partition coefficient (Wildman–Crippen LogP) is 3.72. The molecule has 0 bridgehead atoms. The molecular weight excluding hydrogens is 328 g/mol. The second-order valence-electron chi connectivity index (χ2n) is 5.39. The summed E-state index contributed by atoms with van der Waals surface area (Å²) in [5.74, 6) is -0.356. The molecule has 5 nitrogen and oxygen atoms in total. The van der Waals surface area contributed by atoms with E-state index < -0.39 is 18.6 Å². The Morgan fingerprint density at radius 2 is 1.88 bits per heavy atom. The molecule has 3 rings (SSSR count). The Kier molecular flexibility index (Phi) is 4.83. The smallest absolute Gasteiger partial charge is 0.387 e. The number of carbonyl (C=O) groups excluding carboxylic acids is 1. The lowest BCUT2D eigenvalue weighted by molar-refractivity contribution is -0.0499. The molecule has 0 aliphatic heterocycles. The molecule has 25 heavy (non-hydrogen) atoms. The number of carbonyl (C=O) groups is 1. The Morgan fingerprint density at radius 1 is 1.12 bits per heavy atom. The summed E-state index contributed by atoms with van der Waals surface area (Å²) in [6, 6.07) is 13.0. The van der Waals surface area contributed by atoms with Crippen LogP contribution in [0.2, 0.25) is 0 Å². The lowest BCUT2D eigenvalue weighted by Gasteiger charge is -2.15. The zero-order valence-electron chi connectivity index (χ0n) is 13.3. The van der Waals surface area contributed by atoms with Crippen molar-refractivity contribution in [2.24, 2.45) is 0 Å². The third-order valence-corrected chi connectivity index (χ3v) is 3.61. The van der Waals surface area contributed by atoms with E-state index in [-0.39, 0.29) is 11.4 Å². The van der Waals surface area contributed by atoms with Gasteiger partial charge < -0.3 is 10.1 Å². The normalized spacial score (nSPS) is 12.2. The highest BCUT2D eigenvalue weighted by molar-refractivity contribution is 5.94. The van der Waals surface area contributed by atoms with Gasteiger partial charge in [0.2, 0.25) is 0 Å². The summed E-state index contributed by atoms with van der Waals surface area (Å²) >= 11 is 0. The molecule has 128 valence electrons. The summed E-state index contributed by atoms with van der Waals surface area (Å²) in [5.41, 5.74) is 2.14. The van der Waals surface area contributed by atoms with Gasteiger partial charge in [-0.25, -0.2) is 4.98 Å². The van der Waals surface area contributed by atoms with Gasteiger partial charge in [-0.15, -0.1) is 0 Å². The van der Waals surface area contributed by atoms with Crippen LogP contribution >= 0.6 is 0 Å². The third kappa shape index (κ3) is 4.06. The SMILES string of the molecule is CC(NC(=O)c1cnc2ccccc2n1)c1cccc(OC(F)F)c1. The van der Waals surface area contributed by atoms with Crippen LogP contribution < -0.4 is 10.1 Å². The molecule has 1 atom stereocenters. The molecule has 1 N–H and O–H groups in total. The first kappa shape index (κ1) is 16.8. The lowest BCUT2D eigenvalue weighted by Crippen LogP contribution is -2.27. The number of nitrogens with one attached hydrogen (secondary N) is 1. The van der Waals surface area contributed by atoms with Crippen LogP contribution in [0.25, 0.3) is 11.0 Å². The number of hydrogen-bond acceptors (Lipinski definition) is 4. The minimum atomic E-state index is -2.90. The maximum Gasteiger partial charge on any atom is 0.387 e. The highest BCUT2D eigenvalue weighted by Gasteiger charge is 2.15. The number of alkyl halides is 2. The van der Waals surface area contributed by atoms with Gasteiger partial charge >= 0.3 is 6.61 Å². The Bertz CT molecular complexity index is 902. The van der Waals surface area contributed by atoms with E-state index in [1.165, 1.54) is 18.3 Å². The molecule has 0 radical (unpaired) electrons. The Morgan fingerprint density at radius 3 is 2.64 bits per heavy atom. The van der Waals surface area contributed by atoms with Crippen LogP contribution in [0.3, 0.4) is 0 Å². The summed E-state index contributed by atoms with van der Waals surface area (Å²) < 4.78 is 29.0. The summed E-state index contributed by atoms with van der Waals surface area (Å²) in [4.78, 5) is 20.9. The molecule has 7 heteroatoms. The van der Waals surface area contributed by atoms with Crippen molar-refractivity contribution < 1.29 is 18.3 Å². The predicted molar refractivity (Wildman–Crippen MR) is 88.5 cm³/mol. The molecule has 1 unspecified atom stereocenters. The van der Waals surface area contributed by atoms with E-state index in [0.717, 1.165) is 0 Å². The van der Waals surface area contributed by atoms with E-state index in [2.05, 4.69) is 20.0 Å². The molecule has 0 spiro atoms. The molecule has 0 aliphatic carbocycles. The topological polar surface area (TPSA) is 64.1 Å². The molecule has 1 aromatic heterocycles. The van der Waals surface area contributed by atoms with Crippen molar-refractivity contribution in [3.63, 3.8) is 0 Å². The molecule has 0 saturated heterocycles. The van der Waals surface area contributed by atoms with Gasteiger partial charge in [0.05, 0.1) is 23.3 Å². The van der Waals surface area contributed by atoms with Crippen LogP contribution in [-0.4, -0.2) is 22.5 Å². The van der Waals surface area contributed by atoms with Crippen LogP contribution in [-0.2, 0) is 0 Å². The van der Waals surface area contributed by atoms with Crippen molar-refractivity contribution in [2.75, 3.05) is 0 Å². The summed E-state index contributed by atoms with van der Waals surface area (Å²) in [6.45, 7) is -1.15. The summed E-state index contributed by atoms with van der Waals surface area (Å²) in [7, 11) is 0. The Labute approximate surface area is 142 Å². The average molecular weight is 343 g/mol. The first-order valence-corrected chi connectivity index (χ1v) is 7.60. The molecule has 2 aromatic carbocycles. The van der Waals surface area contributed by atoms with Crippen molar-refractivity contribution in [3.8, 4) is 5.75 Å². The van der Waals surface area contributed by atoms with Crippen LogP contribution in [0.1, 0.15) is 29.0 Å². The van der Waals surface area contributed by atoms with E-state index in [1.54, 1.807) is 31.2 Å². The van der Waals surface area contributed by atoms with Gasteiger partial charge in [-0.1, -0.05) is 24.3 Å². The van der Waals surface area contributed by atoms with Crippen LogP contribution in [0, 0.1) is 0 Å². The van der Waals surface area contributed by atoms with Crippen molar-refractivity contribution in [2.45, 2.75) is 19.6 Å². The first-order valence-electron chi connectivity index (χ1n) is 7.60. The first-order chi connectivity index (χ1) is 12.0. The number of rotatable bonds is 5.